The van der Waals surface area contributed by atoms with E-state index in [0.29, 0.717) is 22.8 Å². The van der Waals surface area contributed by atoms with Crippen LogP contribution >= 0.6 is 0 Å². The minimum atomic E-state index is -0.854. The Hall–Kier alpha value is -3.80. The summed E-state index contributed by atoms with van der Waals surface area (Å²) >= 11 is 0. The van der Waals surface area contributed by atoms with Crippen molar-refractivity contribution in [2.24, 2.45) is 0 Å². The summed E-state index contributed by atoms with van der Waals surface area (Å²) in [6.45, 7) is 10.1. The van der Waals surface area contributed by atoms with E-state index in [9.17, 15) is 14.7 Å². The third kappa shape index (κ3) is 4.61. The van der Waals surface area contributed by atoms with Crippen LogP contribution in [0.25, 0.3) is 5.76 Å². The van der Waals surface area contributed by atoms with Crippen LogP contribution in [0.4, 0.5) is 0 Å². The molecular formula is C29H31NO5. The molecule has 0 spiro atoms. The van der Waals surface area contributed by atoms with Crippen molar-refractivity contribution in [1.29, 1.82) is 0 Å². The highest BCUT2D eigenvalue weighted by Crippen LogP contribution is 2.42. The molecule has 6 heteroatoms. The smallest absolute Gasteiger partial charge is 0.296 e. The SMILES string of the molecule is COc1cccc(CN2C(=O)C(=O)/C(=C(/O)c3cc(C(C)(C)C)ccc3C)C2c2ccc(C)o2)c1. The zero-order chi connectivity index (χ0) is 25.5. The van der Waals surface area contributed by atoms with Gasteiger partial charge in [0, 0.05) is 12.1 Å². The fourth-order valence-corrected chi connectivity index (χ4v) is 4.40. The van der Waals surface area contributed by atoms with E-state index in [2.05, 4.69) is 20.8 Å². The van der Waals surface area contributed by atoms with Crippen LogP contribution in [-0.2, 0) is 21.5 Å². The average Bonchev–Trinajstić information content (AvgIpc) is 3.34. The van der Waals surface area contributed by atoms with Gasteiger partial charge in [-0.1, -0.05) is 45.0 Å². The molecule has 1 unspecified atom stereocenters. The molecule has 35 heavy (non-hydrogen) atoms. The Bertz CT molecular complexity index is 1320. The van der Waals surface area contributed by atoms with Crippen molar-refractivity contribution in [1.82, 2.24) is 4.90 Å². The number of hydrogen-bond donors (Lipinski definition) is 1. The van der Waals surface area contributed by atoms with Crippen molar-refractivity contribution in [2.75, 3.05) is 7.11 Å². The molecule has 1 fully saturated rings. The highest BCUT2D eigenvalue weighted by Gasteiger charge is 2.47. The number of methoxy groups -OCH3 is 1. The molecule has 4 rings (SSSR count). The first-order valence-corrected chi connectivity index (χ1v) is 11.6. The number of nitrogens with zero attached hydrogens (tertiary/aromatic N) is 1. The number of carbonyl (C=O) groups excluding carboxylic acids is 2. The van der Waals surface area contributed by atoms with Gasteiger partial charge in [-0.3, -0.25) is 9.59 Å². The molecule has 0 aliphatic carbocycles. The second-order valence-corrected chi connectivity index (χ2v) is 10.0. The minimum Gasteiger partial charge on any atom is -0.507 e. The molecule has 2 heterocycles. The molecule has 1 aromatic heterocycles. The molecule has 1 atom stereocenters. The third-order valence-corrected chi connectivity index (χ3v) is 6.42. The van der Waals surface area contributed by atoms with Crippen molar-refractivity contribution in [3.63, 3.8) is 0 Å². The lowest BCUT2D eigenvalue weighted by Gasteiger charge is -2.24. The predicted octanol–water partition coefficient (Wildman–Crippen LogP) is 5.82. The molecule has 0 bridgehead atoms. The number of hydrogen-bond acceptors (Lipinski definition) is 5. The van der Waals surface area contributed by atoms with E-state index in [-0.39, 0.29) is 23.3 Å². The van der Waals surface area contributed by atoms with Gasteiger partial charge in [-0.2, -0.15) is 0 Å². The van der Waals surface area contributed by atoms with Gasteiger partial charge in [-0.25, -0.2) is 0 Å². The molecule has 2 aromatic carbocycles. The van der Waals surface area contributed by atoms with Gasteiger partial charge in [-0.05, 0) is 66.3 Å². The van der Waals surface area contributed by atoms with E-state index in [0.717, 1.165) is 16.7 Å². The van der Waals surface area contributed by atoms with Crippen molar-refractivity contribution < 1.29 is 23.8 Å². The van der Waals surface area contributed by atoms with Gasteiger partial charge in [0.05, 0.1) is 12.7 Å². The summed E-state index contributed by atoms with van der Waals surface area (Å²) in [7, 11) is 1.57. The zero-order valence-corrected chi connectivity index (χ0v) is 21.0. The van der Waals surface area contributed by atoms with Crippen molar-refractivity contribution in [3.8, 4) is 5.75 Å². The number of likely N-dealkylation sites (tertiary alicyclic amines) is 1. The molecule has 1 amide bonds. The van der Waals surface area contributed by atoms with Gasteiger partial charge in [0.15, 0.2) is 0 Å². The summed E-state index contributed by atoms with van der Waals surface area (Å²) in [6, 6.07) is 15.8. The lowest BCUT2D eigenvalue weighted by Crippen LogP contribution is -2.29. The third-order valence-electron chi connectivity index (χ3n) is 6.42. The molecule has 0 radical (unpaired) electrons. The Morgan fingerprint density at radius 1 is 1.06 bits per heavy atom. The first-order valence-electron chi connectivity index (χ1n) is 11.6. The highest BCUT2D eigenvalue weighted by molar-refractivity contribution is 6.46. The van der Waals surface area contributed by atoms with E-state index in [4.69, 9.17) is 9.15 Å². The van der Waals surface area contributed by atoms with E-state index in [1.54, 1.807) is 26.2 Å². The van der Waals surface area contributed by atoms with Gasteiger partial charge >= 0.3 is 0 Å². The molecule has 182 valence electrons. The maximum atomic E-state index is 13.4. The molecule has 1 aliphatic rings. The monoisotopic (exact) mass is 473 g/mol. The summed E-state index contributed by atoms with van der Waals surface area (Å²) in [4.78, 5) is 28.1. The number of furan rings is 1. The summed E-state index contributed by atoms with van der Waals surface area (Å²) < 4.78 is 11.2. The number of ether oxygens (including phenoxy) is 1. The molecule has 1 saturated heterocycles. The Morgan fingerprint density at radius 2 is 1.80 bits per heavy atom. The fourth-order valence-electron chi connectivity index (χ4n) is 4.40. The molecule has 3 aromatic rings. The second-order valence-electron chi connectivity index (χ2n) is 10.0. The number of aliphatic hydroxyl groups excluding tert-OH is 1. The van der Waals surface area contributed by atoms with Crippen LogP contribution in [-0.4, -0.2) is 28.8 Å². The number of rotatable bonds is 5. The highest BCUT2D eigenvalue weighted by atomic mass is 16.5. The maximum Gasteiger partial charge on any atom is 0.296 e. The summed E-state index contributed by atoms with van der Waals surface area (Å²) in [6.07, 6.45) is 0. The number of benzene rings is 2. The molecule has 1 aliphatic heterocycles. The van der Waals surface area contributed by atoms with Gasteiger partial charge < -0.3 is 19.2 Å². The van der Waals surface area contributed by atoms with Crippen LogP contribution in [0.2, 0.25) is 0 Å². The number of ketones is 1. The van der Waals surface area contributed by atoms with E-state index in [1.165, 1.54) is 4.90 Å². The van der Waals surface area contributed by atoms with Crippen LogP contribution in [0.3, 0.4) is 0 Å². The first kappa shape index (κ1) is 24.3. The van der Waals surface area contributed by atoms with Gasteiger partial charge in [0.2, 0.25) is 0 Å². The van der Waals surface area contributed by atoms with Crippen LogP contribution in [0.15, 0.2) is 64.6 Å². The summed E-state index contributed by atoms with van der Waals surface area (Å²) in [5, 5.41) is 11.5. The number of amides is 1. The van der Waals surface area contributed by atoms with Gasteiger partial charge in [-0.15, -0.1) is 0 Å². The Morgan fingerprint density at radius 3 is 2.43 bits per heavy atom. The predicted molar refractivity (Wildman–Crippen MR) is 134 cm³/mol. The average molecular weight is 474 g/mol. The fraction of sp³-hybridized carbons (Fsp3) is 0.310. The molecule has 6 nitrogen and oxygen atoms in total. The largest absolute Gasteiger partial charge is 0.507 e. The van der Waals surface area contributed by atoms with Gasteiger partial charge in [0.1, 0.15) is 29.1 Å². The second kappa shape index (κ2) is 9.10. The van der Waals surface area contributed by atoms with E-state index < -0.39 is 17.7 Å². The zero-order valence-electron chi connectivity index (χ0n) is 21.0. The maximum absolute atomic E-state index is 13.4. The van der Waals surface area contributed by atoms with E-state index >= 15 is 0 Å². The molecule has 1 N–H and O–H groups in total. The standard InChI is InChI=1S/C29H31NO5/c1-17-10-12-20(29(3,4)5)15-22(17)26(31)24-25(23-13-11-18(2)35-23)30(28(33)27(24)32)16-19-8-7-9-21(14-19)34-6/h7-15,25,31H,16H2,1-6H3/b26-24+. The lowest BCUT2D eigenvalue weighted by atomic mass is 9.84. The quantitative estimate of drug-likeness (QED) is 0.287. The first-order chi connectivity index (χ1) is 16.5. The molecular weight excluding hydrogens is 442 g/mol. The number of Topliss-reactive ketones (excluding diaryl/α,β-unsaturated/α-hetero) is 1. The lowest BCUT2D eigenvalue weighted by molar-refractivity contribution is -0.140. The molecule has 0 saturated carbocycles. The Kier molecular flexibility index (Phi) is 6.32. The number of aryl methyl sites for hydroxylation is 2. The van der Waals surface area contributed by atoms with Crippen LogP contribution in [0.5, 0.6) is 5.75 Å². The summed E-state index contributed by atoms with van der Waals surface area (Å²) in [5.41, 5.74) is 3.03. The van der Waals surface area contributed by atoms with Crippen LogP contribution < -0.4 is 4.74 Å². The van der Waals surface area contributed by atoms with Crippen LogP contribution in [0.1, 0.15) is 60.6 Å². The van der Waals surface area contributed by atoms with Crippen molar-refractivity contribution in [2.45, 2.75) is 52.6 Å². The van der Waals surface area contributed by atoms with Gasteiger partial charge in [0.25, 0.3) is 11.7 Å². The van der Waals surface area contributed by atoms with Crippen LogP contribution in [0, 0.1) is 13.8 Å². The minimum absolute atomic E-state index is 0.0291. The number of carbonyl (C=O) groups is 2. The topological polar surface area (TPSA) is 80.0 Å². The number of aliphatic hydroxyl groups is 1. The Balaban J connectivity index is 1.88. The normalized spacial score (nSPS) is 17.8. The van der Waals surface area contributed by atoms with Crippen molar-refractivity contribution in [3.05, 3.63) is 93.9 Å². The Labute approximate surface area is 205 Å². The van der Waals surface area contributed by atoms with E-state index in [1.807, 2.05) is 49.4 Å². The van der Waals surface area contributed by atoms with Crippen molar-refractivity contribution >= 4 is 17.4 Å². The summed E-state index contributed by atoms with van der Waals surface area (Å²) in [5.74, 6) is 0.120.